The van der Waals surface area contributed by atoms with Crippen LogP contribution in [-0.4, -0.2) is 0 Å². The van der Waals surface area contributed by atoms with Gasteiger partial charge in [0.25, 0.3) is 0 Å². The summed E-state index contributed by atoms with van der Waals surface area (Å²) in [5, 5.41) is 0. The van der Waals surface area contributed by atoms with Crippen LogP contribution in [0.15, 0.2) is 0 Å². The van der Waals surface area contributed by atoms with E-state index < -0.39 is 0 Å². The van der Waals surface area contributed by atoms with Crippen molar-refractivity contribution in [1.82, 2.24) is 0 Å². The molecule has 0 aromatic rings. The molecule has 1 aliphatic carbocycles. The fraction of sp³-hybridized carbons (Fsp3) is 1.00. The van der Waals surface area contributed by atoms with Crippen molar-refractivity contribution in [3.63, 3.8) is 0 Å². The summed E-state index contributed by atoms with van der Waals surface area (Å²) in [6.45, 7) is 7.05. The number of hydrogen-bond acceptors (Lipinski definition) is 0. The topological polar surface area (TPSA) is 0 Å². The van der Waals surface area contributed by atoms with Crippen LogP contribution in [-0.2, 0) is 0 Å². The molecule has 0 spiro atoms. The van der Waals surface area contributed by atoms with Crippen LogP contribution in [0.2, 0.25) is 0 Å². The molecule has 0 unspecified atom stereocenters. The molecule has 48 valence electrons. The van der Waals surface area contributed by atoms with Gasteiger partial charge in [0.1, 0.15) is 0 Å². The summed E-state index contributed by atoms with van der Waals surface area (Å²) in [6, 6.07) is 0. The van der Waals surface area contributed by atoms with Crippen molar-refractivity contribution in [2.24, 2.45) is 11.3 Å². The molecule has 1 fully saturated rings. The Morgan fingerprint density at radius 2 is 1.88 bits per heavy atom. The third kappa shape index (κ3) is 1.04. The van der Waals surface area contributed by atoms with Crippen molar-refractivity contribution < 1.29 is 0 Å². The second-order valence-electron chi connectivity index (χ2n) is 3.62. The molecule has 0 amide bonds. The van der Waals surface area contributed by atoms with E-state index in [1.54, 1.807) is 0 Å². The first kappa shape index (κ1) is 6.12. The Bertz CT molecular complexity index is 78.0. The molecule has 0 atom stereocenters. The van der Waals surface area contributed by atoms with E-state index in [0.717, 1.165) is 5.92 Å². The van der Waals surface area contributed by atoms with Crippen molar-refractivity contribution in [3.8, 4) is 0 Å². The lowest BCUT2D eigenvalue weighted by Crippen LogP contribution is -2.11. The molecule has 0 bridgehead atoms. The highest BCUT2D eigenvalue weighted by molar-refractivity contribution is 4.86. The van der Waals surface area contributed by atoms with E-state index in [1.807, 2.05) is 0 Å². The molecular formula is C8H16. The second-order valence-corrected chi connectivity index (χ2v) is 3.62. The van der Waals surface area contributed by atoms with E-state index in [0.29, 0.717) is 5.41 Å². The molecule has 1 rings (SSSR count). The highest BCUT2D eigenvalue weighted by Crippen LogP contribution is 2.46. The van der Waals surface area contributed by atoms with Crippen LogP contribution in [0.4, 0.5) is 0 Å². The van der Waals surface area contributed by atoms with Gasteiger partial charge < -0.3 is 0 Å². The largest absolute Gasteiger partial charge is 0.0649 e. The van der Waals surface area contributed by atoms with Crippen LogP contribution in [0.1, 0.15) is 40.0 Å². The van der Waals surface area contributed by atoms with Gasteiger partial charge in [-0.1, -0.05) is 27.2 Å². The zero-order chi connectivity index (χ0) is 6.20. The molecule has 0 aliphatic heterocycles. The molecule has 0 aromatic heterocycles. The Balaban J connectivity index is 2.37. The molecule has 0 heterocycles. The average Bonchev–Trinajstić information content (AvgIpc) is 2.44. The maximum atomic E-state index is 2.38. The van der Waals surface area contributed by atoms with Gasteiger partial charge in [-0.2, -0.15) is 0 Å². The Hall–Kier alpha value is 0. The molecule has 0 aromatic carbocycles. The van der Waals surface area contributed by atoms with Crippen molar-refractivity contribution in [2.45, 2.75) is 40.0 Å². The minimum Gasteiger partial charge on any atom is -0.0649 e. The number of rotatable bonds is 2. The molecule has 0 radical (unpaired) electrons. The molecule has 0 nitrogen and oxygen atoms in total. The fourth-order valence-corrected chi connectivity index (χ4v) is 1.15. The Kier molecular flexibility index (Phi) is 1.34. The predicted molar refractivity (Wildman–Crippen MR) is 36.8 cm³/mol. The van der Waals surface area contributed by atoms with Crippen LogP contribution < -0.4 is 0 Å². The third-order valence-electron chi connectivity index (χ3n) is 2.59. The van der Waals surface area contributed by atoms with Crippen molar-refractivity contribution in [3.05, 3.63) is 0 Å². The smallest absolute Gasteiger partial charge is 0.0329 e. The summed E-state index contributed by atoms with van der Waals surface area (Å²) >= 11 is 0. The van der Waals surface area contributed by atoms with Crippen LogP contribution >= 0.6 is 0 Å². The van der Waals surface area contributed by atoms with E-state index in [4.69, 9.17) is 0 Å². The van der Waals surface area contributed by atoms with Gasteiger partial charge >= 0.3 is 0 Å². The quantitative estimate of drug-likeness (QED) is 0.515. The Morgan fingerprint density at radius 1 is 1.38 bits per heavy atom. The summed E-state index contributed by atoms with van der Waals surface area (Å²) in [4.78, 5) is 0. The normalized spacial score (nSPS) is 21.4. The summed E-state index contributed by atoms with van der Waals surface area (Å²) in [5.74, 6) is 1.06. The highest BCUT2D eigenvalue weighted by atomic mass is 14.4. The summed E-state index contributed by atoms with van der Waals surface area (Å²) in [6.07, 6.45) is 4.32. The zero-order valence-electron chi connectivity index (χ0n) is 6.20. The van der Waals surface area contributed by atoms with Gasteiger partial charge in [0.05, 0.1) is 0 Å². The van der Waals surface area contributed by atoms with Crippen LogP contribution in [0.25, 0.3) is 0 Å². The monoisotopic (exact) mass is 112 g/mol. The Morgan fingerprint density at radius 3 is 2.00 bits per heavy atom. The third-order valence-corrected chi connectivity index (χ3v) is 2.59. The van der Waals surface area contributed by atoms with Crippen molar-refractivity contribution in [2.75, 3.05) is 0 Å². The first-order chi connectivity index (χ1) is 3.67. The predicted octanol–water partition coefficient (Wildman–Crippen LogP) is 2.83. The molecule has 1 saturated carbocycles. The highest BCUT2D eigenvalue weighted by Gasteiger charge is 2.35. The first-order valence-corrected chi connectivity index (χ1v) is 3.67. The van der Waals surface area contributed by atoms with E-state index in [1.165, 1.54) is 19.3 Å². The Labute approximate surface area is 52.3 Å². The van der Waals surface area contributed by atoms with Crippen LogP contribution in [0.5, 0.6) is 0 Å². The minimum absolute atomic E-state index is 0.653. The molecular weight excluding hydrogens is 96.1 g/mol. The summed E-state index contributed by atoms with van der Waals surface area (Å²) in [7, 11) is 0. The zero-order valence-corrected chi connectivity index (χ0v) is 6.20. The fourth-order valence-electron chi connectivity index (χ4n) is 1.15. The van der Waals surface area contributed by atoms with Gasteiger partial charge in [0.2, 0.25) is 0 Å². The van der Waals surface area contributed by atoms with Gasteiger partial charge in [0.15, 0.2) is 0 Å². The SMILES string of the molecule is CCC(C)(C)C1CC1. The van der Waals surface area contributed by atoms with Crippen molar-refractivity contribution in [1.29, 1.82) is 0 Å². The van der Waals surface area contributed by atoms with E-state index in [-0.39, 0.29) is 0 Å². The summed E-state index contributed by atoms with van der Waals surface area (Å²) < 4.78 is 0. The average molecular weight is 112 g/mol. The lowest BCUT2D eigenvalue weighted by Gasteiger charge is -2.21. The lowest BCUT2D eigenvalue weighted by atomic mass is 9.85. The van der Waals surface area contributed by atoms with Gasteiger partial charge in [-0.15, -0.1) is 0 Å². The molecule has 1 aliphatic rings. The van der Waals surface area contributed by atoms with Crippen LogP contribution in [0, 0.1) is 11.3 Å². The standard InChI is InChI=1S/C8H16/c1-4-8(2,3)7-5-6-7/h7H,4-6H2,1-3H3. The first-order valence-electron chi connectivity index (χ1n) is 3.67. The van der Waals surface area contributed by atoms with E-state index in [9.17, 15) is 0 Å². The maximum absolute atomic E-state index is 2.38. The van der Waals surface area contributed by atoms with Crippen LogP contribution in [0.3, 0.4) is 0 Å². The van der Waals surface area contributed by atoms with E-state index >= 15 is 0 Å². The number of hydrogen-bond donors (Lipinski definition) is 0. The maximum Gasteiger partial charge on any atom is -0.0329 e. The van der Waals surface area contributed by atoms with Gasteiger partial charge in [-0.05, 0) is 24.2 Å². The second kappa shape index (κ2) is 1.75. The molecule has 0 heteroatoms. The van der Waals surface area contributed by atoms with E-state index in [2.05, 4.69) is 20.8 Å². The summed E-state index contributed by atoms with van der Waals surface area (Å²) in [5.41, 5.74) is 0.653. The van der Waals surface area contributed by atoms with Crippen molar-refractivity contribution >= 4 is 0 Å². The minimum atomic E-state index is 0.653. The molecule has 8 heavy (non-hydrogen) atoms. The van der Waals surface area contributed by atoms with Gasteiger partial charge in [-0.3, -0.25) is 0 Å². The van der Waals surface area contributed by atoms with Gasteiger partial charge in [-0.25, -0.2) is 0 Å². The van der Waals surface area contributed by atoms with Gasteiger partial charge in [0, 0.05) is 0 Å². The molecule has 0 N–H and O–H groups in total. The molecule has 0 saturated heterocycles. The lowest BCUT2D eigenvalue weighted by molar-refractivity contribution is 0.297.